The third kappa shape index (κ3) is 3.71. The van der Waals surface area contributed by atoms with E-state index in [4.69, 9.17) is 26.3 Å². The lowest BCUT2D eigenvalue weighted by molar-refractivity contribution is 0.0728. The van der Waals surface area contributed by atoms with Crippen molar-refractivity contribution < 1.29 is 14.3 Å². The van der Waals surface area contributed by atoms with Crippen LogP contribution in [-0.4, -0.2) is 17.6 Å². The van der Waals surface area contributed by atoms with Gasteiger partial charge >= 0.3 is 5.97 Å². The number of hydrogen-bond acceptors (Lipinski definition) is 5. The van der Waals surface area contributed by atoms with Crippen LogP contribution in [0.2, 0.25) is 5.02 Å². The summed E-state index contributed by atoms with van der Waals surface area (Å²) in [5.74, 6) is 0.217. The van der Waals surface area contributed by atoms with Crippen LogP contribution in [-0.2, 0) is 0 Å². The quantitative estimate of drug-likeness (QED) is 0.640. The second-order valence-corrected chi connectivity index (χ2v) is 4.36. The van der Waals surface area contributed by atoms with Crippen LogP contribution < -0.4 is 9.47 Å². The predicted molar refractivity (Wildman–Crippen MR) is 76.5 cm³/mol. The van der Waals surface area contributed by atoms with Crippen molar-refractivity contribution in [3.8, 4) is 17.6 Å². The zero-order valence-electron chi connectivity index (χ0n) is 11.2. The highest BCUT2D eigenvalue weighted by molar-refractivity contribution is 6.31. The second kappa shape index (κ2) is 6.73. The first-order chi connectivity index (χ1) is 10.1. The van der Waals surface area contributed by atoms with E-state index < -0.39 is 5.97 Å². The van der Waals surface area contributed by atoms with Crippen molar-refractivity contribution >= 4 is 17.6 Å². The average Bonchev–Trinajstić information content (AvgIpc) is 2.48. The van der Waals surface area contributed by atoms with Gasteiger partial charge in [0.1, 0.15) is 23.3 Å². The number of carbonyl (C=O) groups is 1. The second-order valence-electron chi connectivity index (χ2n) is 3.96. The fourth-order valence-electron chi connectivity index (χ4n) is 1.56. The molecule has 2 aromatic rings. The van der Waals surface area contributed by atoms with Gasteiger partial charge in [-0.15, -0.1) is 0 Å². The van der Waals surface area contributed by atoms with Gasteiger partial charge in [0.25, 0.3) is 0 Å². The molecule has 0 fully saturated rings. The van der Waals surface area contributed by atoms with Crippen molar-refractivity contribution in [3.63, 3.8) is 0 Å². The minimum Gasteiger partial charge on any atom is -0.492 e. The van der Waals surface area contributed by atoms with E-state index in [1.807, 2.05) is 13.0 Å². The van der Waals surface area contributed by atoms with E-state index in [2.05, 4.69) is 4.98 Å². The maximum atomic E-state index is 11.9. The molecule has 0 bridgehead atoms. The van der Waals surface area contributed by atoms with Gasteiger partial charge in [-0.2, -0.15) is 5.26 Å². The molecule has 106 valence electrons. The number of aromatic nitrogens is 1. The smallest absolute Gasteiger partial charge is 0.362 e. The molecule has 0 saturated heterocycles. The summed E-state index contributed by atoms with van der Waals surface area (Å²) in [5.41, 5.74) is 0.467. The molecule has 1 aromatic heterocycles. The number of nitriles is 1. The molecule has 6 heteroatoms. The van der Waals surface area contributed by atoms with E-state index in [0.717, 1.165) is 0 Å². The number of benzene rings is 1. The first-order valence-electron chi connectivity index (χ1n) is 6.14. The lowest BCUT2D eigenvalue weighted by Gasteiger charge is -2.06. The highest BCUT2D eigenvalue weighted by Crippen LogP contribution is 2.22. The molecule has 0 aliphatic rings. The monoisotopic (exact) mass is 302 g/mol. The predicted octanol–water partition coefficient (Wildman–Crippen LogP) is 3.22. The molecule has 1 aromatic carbocycles. The minimum atomic E-state index is -0.612. The largest absolute Gasteiger partial charge is 0.492 e. The zero-order chi connectivity index (χ0) is 15.2. The summed E-state index contributed by atoms with van der Waals surface area (Å²) >= 11 is 5.87. The maximum Gasteiger partial charge on any atom is 0.362 e. The van der Waals surface area contributed by atoms with Gasteiger partial charge < -0.3 is 9.47 Å². The molecule has 0 aliphatic carbocycles. The maximum absolute atomic E-state index is 11.9. The summed E-state index contributed by atoms with van der Waals surface area (Å²) in [7, 11) is 0. The van der Waals surface area contributed by atoms with E-state index in [-0.39, 0.29) is 16.5 Å². The fourth-order valence-corrected chi connectivity index (χ4v) is 1.78. The van der Waals surface area contributed by atoms with Crippen molar-refractivity contribution in [2.24, 2.45) is 0 Å². The van der Waals surface area contributed by atoms with Gasteiger partial charge in [-0.05, 0) is 31.2 Å². The van der Waals surface area contributed by atoms with Gasteiger partial charge in [0, 0.05) is 6.07 Å². The van der Waals surface area contributed by atoms with Crippen LogP contribution in [0.5, 0.6) is 11.5 Å². The van der Waals surface area contributed by atoms with E-state index in [0.29, 0.717) is 17.9 Å². The van der Waals surface area contributed by atoms with Gasteiger partial charge in [-0.25, -0.2) is 9.78 Å². The Bertz CT molecular complexity index is 693. The lowest BCUT2D eigenvalue weighted by Crippen LogP contribution is -2.10. The fraction of sp³-hybridized carbons (Fsp3) is 0.133. The Morgan fingerprint density at radius 1 is 1.33 bits per heavy atom. The van der Waals surface area contributed by atoms with Gasteiger partial charge in [-0.1, -0.05) is 11.6 Å². The van der Waals surface area contributed by atoms with Gasteiger partial charge in [0.15, 0.2) is 0 Å². The SMILES string of the molecule is CCOc1ccc(C(=O)Oc2ccc(C#N)c(Cl)c2)nc1. The normalized spacial score (nSPS) is 9.76. The Labute approximate surface area is 126 Å². The minimum absolute atomic E-state index is 0.152. The molecule has 21 heavy (non-hydrogen) atoms. The average molecular weight is 303 g/mol. The van der Waals surface area contributed by atoms with E-state index in [1.54, 1.807) is 6.07 Å². The summed E-state index contributed by atoms with van der Waals surface area (Å²) in [4.78, 5) is 15.9. The number of carbonyl (C=O) groups excluding carboxylic acids is 1. The van der Waals surface area contributed by atoms with E-state index >= 15 is 0 Å². The van der Waals surface area contributed by atoms with E-state index in [1.165, 1.54) is 30.5 Å². The molecule has 0 saturated carbocycles. The zero-order valence-corrected chi connectivity index (χ0v) is 11.9. The molecule has 0 aliphatic heterocycles. The highest BCUT2D eigenvalue weighted by Gasteiger charge is 2.11. The van der Waals surface area contributed by atoms with E-state index in [9.17, 15) is 4.79 Å². The van der Waals surface area contributed by atoms with Crippen molar-refractivity contribution in [1.29, 1.82) is 5.26 Å². The molecule has 0 amide bonds. The molecule has 1 heterocycles. The first-order valence-corrected chi connectivity index (χ1v) is 6.52. The first kappa shape index (κ1) is 14.8. The van der Waals surface area contributed by atoms with Crippen molar-refractivity contribution in [3.05, 3.63) is 52.8 Å². The Morgan fingerprint density at radius 2 is 2.10 bits per heavy atom. The van der Waals surface area contributed by atoms with Crippen molar-refractivity contribution in [2.45, 2.75) is 6.92 Å². The van der Waals surface area contributed by atoms with Crippen molar-refractivity contribution in [1.82, 2.24) is 4.98 Å². The van der Waals surface area contributed by atoms with Gasteiger partial charge in [-0.3, -0.25) is 0 Å². The summed E-state index contributed by atoms with van der Waals surface area (Å²) in [6, 6.07) is 9.47. The molecular formula is C15H11ClN2O3. The van der Waals surface area contributed by atoms with Crippen LogP contribution in [0.1, 0.15) is 23.0 Å². The third-order valence-electron chi connectivity index (χ3n) is 2.53. The number of rotatable bonds is 4. The molecule has 0 N–H and O–H groups in total. The Morgan fingerprint density at radius 3 is 2.67 bits per heavy atom. The van der Waals surface area contributed by atoms with Crippen LogP contribution in [0, 0.1) is 11.3 Å². The van der Waals surface area contributed by atoms with Crippen LogP contribution in [0.4, 0.5) is 0 Å². The lowest BCUT2D eigenvalue weighted by atomic mass is 10.2. The third-order valence-corrected chi connectivity index (χ3v) is 2.84. The number of halogens is 1. The summed E-state index contributed by atoms with van der Waals surface area (Å²) in [5, 5.41) is 9.00. The summed E-state index contributed by atoms with van der Waals surface area (Å²) in [6.07, 6.45) is 1.45. The Kier molecular flexibility index (Phi) is 4.75. The molecule has 5 nitrogen and oxygen atoms in total. The number of esters is 1. The van der Waals surface area contributed by atoms with Crippen LogP contribution in [0.25, 0.3) is 0 Å². The number of hydrogen-bond donors (Lipinski definition) is 0. The number of pyridine rings is 1. The van der Waals surface area contributed by atoms with Crippen LogP contribution >= 0.6 is 11.6 Å². The summed E-state index contributed by atoms with van der Waals surface area (Å²) in [6.45, 7) is 2.38. The number of nitrogens with zero attached hydrogens (tertiary/aromatic N) is 2. The standard InChI is InChI=1S/C15H11ClN2O3/c1-2-20-12-5-6-14(18-9-12)15(19)21-11-4-3-10(8-17)13(16)7-11/h3-7,9H,2H2,1H3. The van der Waals surface area contributed by atoms with Gasteiger partial charge in [0.2, 0.25) is 0 Å². The van der Waals surface area contributed by atoms with Crippen LogP contribution in [0.15, 0.2) is 36.5 Å². The van der Waals surface area contributed by atoms with Gasteiger partial charge in [0.05, 0.1) is 23.4 Å². The Balaban J connectivity index is 2.10. The van der Waals surface area contributed by atoms with Crippen molar-refractivity contribution in [2.75, 3.05) is 6.61 Å². The Hall–Kier alpha value is -2.58. The molecule has 0 radical (unpaired) electrons. The topological polar surface area (TPSA) is 72.2 Å². The molecule has 2 rings (SSSR count). The summed E-state index contributed by atoms with van der Waals surface area (Å²) < 4.78 is 10.4. The molecule has 0 spiro atoms. The molecule has 0 unspecified atom stereocenters. The molecular weight excluding hydrogens is 292 g/mol. The molecule has 0 atom stereocenters. The van der Waals surface area contributed by atoms with Crippen LogP contribution in [0.3, 0.4) is 0 Å². The number of ether oxygens (including phenoxy) is 2. The highest BCUT2D eigenvalue weighted by atomic mass is 35.5.